The fourth-order valence-electron chi connectivity index (χ4n) is 1.84. The van der Waals surface area contributed by atoms with E-state index in [0.29, 0.717) is 11.7 Å². The zero-order chi connectivity index (χ0) is 10.7. The normalized spacial score (nSPS) is 21.1. The highest BCUT2D eigenvalue weighted by atomic mass is 15.2. The summed E-state index contributed by atoms with van der Waals surface area (Å²) in [6, 6.07) is 6.36. The van der Waals surface area contributed by atoms with Gasteiger partial charge in [0.15, 0.2) is 0 Å². The first-order valence-corrected chi connectivity index (χ1v) is 5.14. The Hall–Kier alpha value is -1.60. The van der Waals surface area contributed by atoms with E-state index in [4.69, 9.17) is 5.26 Å². The average Bonchev–Trinajstić information content (AvgIpc) is 2.29. The van der Waals surface area contributed by atoms with Gasteiger partial charge in [-0.05, 0) is 19.1 Å². The maximum absolute atomic E-state index is 8.77. The van der Waals surface area contributed by atoms with Crippen LogP contribution in [0.1, 0.15) is 12.6 Å². The molecule has 0 aromatic carbocycles. The van der Waals surface area contributed by atoms with Gasteiger partial charge in [-0.3, -0.25) is 0 Å². The fraction of sp³-hybridized carbons (Fsp3) is 0.455. The first kappa shape index (κ1) is 9.94. The highest BCUT2D eigenvalue weighted by Crippen LogP contribution is 2.15. The third-order valence-corrected chi connectivity index (χ3v) is 2.59. The van der Waals surface area contributed by atoms with Crippen molar-refractivity contribution in [1.82, 2.24) is 10.3 Å². The molecule has 1 aromatic rings. The van der Waals surface area contributed by atoms with Gasteiger partial charge < -0.3 is 10.2 Å². The summed E-state index contributed by atoms with van der Waals surface area (Å²) in [5.41, 5.74) is 1.58. The summed E-state index contributed by atoms with van der Waals surface area (Å²) in [5, 5.41) is 12.2. The summed E-state index contributed by atoms with van der Waals surface area (Å²) in [4.78, 5) is 6.25. The zero-order valence-corrected chi connectivity index (χ0v) is 8.77. The Morgan fingerprint density at radius 2 is 2.53 bits per heavy atom. The number of hydrogen-bond donors (Lipinski definition) is 1. The minimum atomic E-state index is 0.485. The van der Waals surface area contributed by atoms with Crippen LogP contribution in [0, 0.1) is 11.3 Å². The highest BCUT2D eigenvalue weighted by Gasteiger charge is 2.15. The number of rotatable bonds is 1. The molecule has 0 spiro atoms. The van der Waals surface area contributed by atoms with E-state index in [1.54, 1.807) is 6.20 Å². The van der Waals surface area contributed by atoms with Crippen LogP contribution < -0.4 is 10.2 Å². The molecule has 1 atom stereocenters. The molecule has 1 saturated heterocycles. The standard InChI is InChI=1S/C11H14N4/c1-9-8-15(5-4-13-9)11-2-3-14-10(6-11)7-12/h2-3,6,9,13H,4-5,8H2,1H3. The van der Waals surface area contributed by atoms with E-state index in [1.165, 1.54) is 0 Å². The molecule has 1 fully saturated rings. The topological polar surface area (TPSA) is 52.0 Å². The van der Waals surface area contributed by atoms with Crippen LogP contribution in [0.25, 0.3) is 0 Å². The lowest BCUT2D eigenvalue weighted by Crippen LogP contribution is -2.49. The molecule has 15 heavy (non-hydrogen) atoms. The molecule has 0 aliphatic carbocycles. The van der Waals surface area contributed by atoms with Crippen molar-refractivity contribution in [2.75, 3.05) is 24.5 Å². The summed E-state index contributed by atoms with van der Waals surface area (Å²) >= 11 is 0. The van der Waals surface area contributed by atoms with E-state index in [2.05, 4.69) is 28.2 Å². The van der Waals surface area contributed by atoms with E-state index in [0.717, 1.165) is 25.3 Å². The molecular weight excluding hydrogens is 188 g/mol. The van der Waals surface area contributed by atoms with Gasteiger partial charge in [-0.1, -0.05) is 0 Å². The second-order valence-corrected chi connectivity index (χ2v) is 3.81. The van der Waals surface area contributed by atoms with Crippen LogP contribution in [0.5, 0.6) is 0 Å². The van der Waals surface area contributed by atoms with Gasteiger partial charge in [-0.2, -0.15) is 5.26 Å². The molecule has 1 aromatic heterocycles. The summed E-state index contributed by atoms with van der Waals surface area (Å²) < 4.78 is 0. The van der Waals surface area contributed by atoms with Gasteiger partial charge in [0, 0.05) is 37.6 Å². The number of pyridine rings is 1. The summed E-state index contributed by atoms with van der Waals surface area (Å²) in [5.74, 6) is 0. The molecular formula is C11H14N4. The first-order valence-electron chi connectivity index (χ1n) is 5.14. The first-order chi connectivity index (χ1) is 7.29. The van der Waals surface area contributed by atoms with Crippen molar-refractivity contribution in [3.05, 3.63) is 24.0 Å². The zero-order valence-electron chi connectivity index (χ0n) is 8.77. The number of anilines is 1. The number of nitriles is 1. The van der Waals surface area contributed by atoms with Gasteiger partial charge in [0.25, 0.3) is 0 Å². The van der Waals surface area contributed by atoms with Crippen molar-refractivity contribution in [3.63, 3.8) is 0 Å². The van der Waals surface area contributed by atoms with Crippen molar-refractivity contribution < 1.29 is 0 Å². The van der Waals surface area contributed by atoms with Crippen LogP contribution in [-0.4, -0.2) is 30.7 Å². The maximum atomic E-state index is 8.77. The van der Waals surface area contributed by atoms with E-state index in [9.17, 15) is 0 Å². The summed E-state index contributed by atoms with van der Waals surface area (Å²) in [7, 11) is 0. The summed E-state index contributed by atoms with van der Waals surface area (Å²) in [6.07, 6.45) is 1.70. The van der Waals surface area contributed by atoms with Gasteiger partial charge in [0.1, 0.15) is 11.8 Å². The Morgan fingerprint density at radius 1 is 1.67 bits per heavy atom. The lowest BCUT2D eigenvalue weighted by atomic mass is 10.2. The molecule has 0 bridgehead atoms. The van der Waals surface area contributed by atoms with Crippen LogP contribution in [0.15, 0.2) is 18.3 Å². The maximum Gasteiger partial charge on any atom is 0.142 e. The second-order valence-electron chi connectivity index (χ2n) is 3.81. The lowest BCUT2D eigenvalue weighted by Gasteiger charge is -2.33. The van der Waals surface area contributed by atoms with E-state index >= 15 is 0 Å². The molecule has 2 heterocycles. The average molecular weight is 202 g/mol. The van der Waals surface area contributed by atoms with Crippen LogP contribution in [0.2, 0.25) is 0 Å². The molecule has 1 aliphatic heterocycles. The Kier molecular flexibility index (Phi) is 2.84. The van der Waals surface area contributed by atoms with E-state index in [-0.39, 0.29) is 0 Å². The van der Waals surface area contributed by atoms with Gasteiger partial charge in [-0.15, -0.1) is 0 Å². The molecule has 1 aliphatic rings. The smallest absolute Gasteiger partial charge is 0.142 e. The van der Waals surface area contributed by atoms with Crippen LogP contribution >= 0.6 is 0 Å². The summed E-state index contributed by atoms with van der Waals surface area (Å²) in [6.45, 7) is 5.12. The van der Waals surface area contributed by atoms with Crippen LogP contribution in [0.4, 0.5) is 5.69 Å². The predicted molar refractivity (Wildman–Crippen MR) is 58.6 cm³/mol. The lowest BCUT2D eigenvalue weighted by molar-refractivity contribution is 0.485. The fourth-order valence-corrected chi connectivity index (χ4v) is 1.84. The monoisotopic (exact) mass is 202 g/mol. The SMILES string of the molecule is CC1CN(c2ccnc(C#N)c2)CCN1. The largest absolute Gasteiger partial charge is 0.369 e. The van der Waals surface area contributed by atoms with Crippen molar-refractivity contribution in [1.29, 1.82) is 5.26 Å². The van der Waals surface area contributed by atoms with E-state index in [1.807, 2.05) is 12.1 Å². The Bertz CT molecular complexity index is 382. The van der Waals surface area contributed by atoms with Crippen molar-refractivity contribution in [2.45, 2.75) is 13.0 Å². The number of nitrogens with zero attached hydrogens (tertiary/aromatic N) is 3. The molecule has 1 N–H and O–H groups in total. The number of aromatic nitrogens is 1. The van der Waals surface area contributed by atoms with Gasteiger partial charge >= 0.3 is 0 Å². The van der Waals surface area contributed by atoms with Gasteiger partial charge in [0.2, 0.25) is 0 Å². The number of hydrogen-bond acceptors (Lipinski definition) is 4. The molecule has 4 nitrogen and oxygen atoms in total. The van der Waals surface area contributed by atoms with Gasteiger partial charge in [-0.25, -0.2) is 4.98 Å². The molecule has 78 valence electrons. The predicted octanol–water partition coefficient (Wildman–Crippen LogP) is 0.751. The van der Waals surface area contributed by atoms with Crippen molar-refractivity contribution in [3.8, 4) is 6.07 Å². The molecule has 0 saturated carbocycles. The quantitative estimate of drug-likeness (QED) is 0.730. The third-order valence-electron chi connectivity index (χ3n) is 2.59. The minimum Gasteiger partial charge on any atom is -0.369 e. The van der Waals surface area contributed by atoms with Crippen molar-refractivity contribution >= 4 is 5.69 Å². The highest BCUT2D eigenvalue weighted by molar-refractivity contribution is 5.49. The number of nitrogens with one attached hydrogen (secondary N) is 1. The third kappa shape index (κ3) is 2.25. The molecule has 0 amide bonds. The molecule has 0 radical (unpaired) electrons. The van der Waals surface area contributed by atoms with Crippen molar-refractivity contribution in [2.24, 2.45) is 0 Å². The van der Waals surface area contributed by atoms with Crippen LogP contribution in [0.3, 0.4) is 0 Å². The Balaban J connectivity index is 2.18. The Labute approximate surface area is 89.5 Å². The van der Waals surface area contributed by atoms with E-state index < -0.39 is 0 Å². The van der Waals surface area contributed by atoms with Crippen LogP contribution in [-0.2, 0) is 0 Å². The minimum absolute atomic E-state index is 0.485. The molecule has 4 heteroatoms. The second kappa shape index (κ2) is 4.28. The van der Waals surface area contributed by atoms with Gasteiger partial charge in [0.05, 0.1) is 0 Å². The molecule has 1 unspecified atom stereocenters. The Morgan fingerprint density at radius 3 is 3.27 bits per heavy atom. The molecule has 2 rings (SSSR count). The number of piperazine rings is 1.